The summed E-state index contributed by atoms with van der Waals surface area (Å²) in [6.45, 7) is 0.753. The maximum absolute atomic E-state index is 5.07. The molecule has 2 aromatic rings. The number of rotatable bonds is 0. The first kappa shape index (κ1) is 6.25. The van der Waals surface area contributed by atoms with Gasteiger partial charge in [-0.1, -0.05) is 5.16 Å². The average Bonchev–Trinajstić information content (AvgIpc) is 2.71. The molecule has 1 N–H and O–H groups in total. The fourth-order valence-corrected chi connectivity index (χ4v) is 2.23. The summed E-state index contributed by atoms with van der Waals surface area (Å²) in [5.74, 6) is 0.931. The van der Waals surface area contributed by atoms with Crippen LogP contribution in [-0.4, -0.2) is 5.16 Å². The van der Waals surface area contributed by atoms with Crippen molar-refractivity contribution in [2.24, 2.45) is 0 Å². The molecular weight excluding hydrogens is 172 g/mol. The number of aromatic nitrogens is 1. The van der Waals surface area contributed by atoms with Crippen molar-refractivity contribution in [2.45, 2.75) is 6.54 Å². The second-order valence-electron chi connectivity index (χ2n) is 2.68. The Hall–Kier alpha value is -1.29. The normalized spacial score (nSPS) is 13.3. The number of hydrogen-bond donors (Lipinski definition) is 1. The molecule has 2 aromatic heterocycles. The molecule has 1 aliphatic rings. The first-order chi connectivity index (χ1) is 5.95. The lowest BCUT2D eigenvalue weighted by molar-refractivity contribution is 0.388. The zero-order valence-electron chi connectivity index (χ0n) is 6.20. The number of thiophene rings is 1. The lowest BCUT2D eigenvalue weighted by Gasteiger charge is -2.10. The van der Waals surface area contributed by atoms with Crippen molar-refractivity contribution in [3.63, 3.8) is 0 Å². The number of fused-ring (bicyclic) bond motifs is 3. The molecule has 0 fully saturated rings. The molecule has 3 heterocycles. The fourth-order valence-electron chi connectivity index (χ4n) is 1.43. The van der Waals surface area contributed by atoms with Crippen molar-refractivity contribution in [1.82, 2.24) is 5.16 Å². The third-order valence-electron chi connectivity index (χ3n) is 2.01. The number of anilines is 1. The Labute approximate surface area is 73.0 Å². The summed E-state index contributed by atoms with van der Waals surface area (Å²) in [6, 6.07) is 2.09. The van der Waals surface area contributed by atoms with Crippen molar-refractivity contribution < 1.29 is 4.52 Å². The first-order valence-electron chi connectivity index (χ1n) is 3.70. The van der Waals surface area contributed by atoms with E-state index in [1.54, 1.807) is 17.5 Å². The van der Waals surface area contributed by atoms with Gasteiger partial charge in [-0.05, 0) is 11.4 Å². The van der Waals surface area contributed by atoms with Gasteiger partial charge in [-0.25, -0.2) is 0 Å². The summed E-state index contributed by atoms with van der Waals surface area (Å²) in [5, 5.41) is 10.3. The van der Waals surface area contributed by atoms with Gasteiger partial charge >= 0.3 is 0 Å². The molecule has 0 unspecified atom stereocenters. The molecule has 0 aliphatic carbocycles. The number of hydrogen-bond acceptors (Lipinski definition) is 4. The van der Waals surface area contributed by atoms with Crippen LogP contribution in [0.3, 0.4) is 0 Å². The van der Waals surface area contributed by atoms with E-state index in [2.05, 4.69) is 21.9 Å². The SMILES string of the molecule is c1cc2c(s1)NCc1oncc1-2. The van der Waals surface area contributed by atoms with Crippen LogP contribution >= 0.6 is 11.3 Å². The summed E-state index contributed by atoms with van der Waals surface area (Å²) in [4.78, 5) is 0. The topological polar surface area (TPSA) is 38.1 Å². The lowest BCUT2D eigenvalue weighted by atomic mass is 10.1. The molecule has 1 aliphatic heterocycles. The van der Waals surface area contributed by atoms with Gasteiger partial charge in [0.2, 0.25) is 0 Å². The van der Waals surface area contributed by atoms with Gasteiger partial charge < -0.3 is 9.84 Å². The zero-order chi connectivity index (χ0) is 7.97. The highest BCUT2D eigenvalue weighted by atomic mass is 32.1. The third-order valence-corrected chi connectivity index (χ3v) is 2.88. The number of nitrogens with zero attached hydrogens (tertiary/aromatic N) is 1. The minimum absolute atomic E-state index is 0.753. The Balaban J connectivity index is 2.32. The van der Waals surface area contributed by atoms with E-state index in [1.165, 1.54) is 10.6 Å². The van der Waals surface area contributed by atoms with E-state index >= 15 is 0 Å². The smallest absolute Gasteiger partial charge is 0.163 e. The summed E-state index contributed by atoms with van der Waals surface area (Å²) < 4.78 is 5.07. The molecule has 0 spiro atoms. The molecule has 0 bridgehead atoms. The molecule has 0 saturated carbocycles. The molecule has 0 amide bonds. The fraction of sp³-hybridized carbons (Fsp3) is 0.125. The van der Waals surface area contributed by atoms with Crippen LogP contribution in [0.5, 0.6) is 0 Å². The Morgan fingerprint density at radius 1 is 1.50 bits per heavy atom. The zero-order valence-corrected chi connectivity index (χ0v) is 7.02. The molecule has 60 valence electrons. The molecule has 0 saturated heterocycles. The average molecular weight is 178 g/mol. The molecular formula is C8H6N2OS. The van der Waals surface area contributed by atoms with Gasteiger partial charge in [0.15, 0.2) is 5.76 Å². The van der Waals surface area contributed by atoms with Gasteiger partial charge in [-0.3, -0.25) is 0 Å². The van der Waals surface area contributed by atoms with E-state index in [9.17, 15) is 0 Å². The Morgan fingerprint density at radius 2 is 2.50 bits per heavy atom. The van der Waals surface area contributed by atoms with Crippen molar-refractivity contribution in [3.8, 4) is 11.1 Å². The van der Waals surface area contributed by atoms with Gasteiger partial charge in [0.05, 0.1) is 17.7 Å². The highest BCUT2D eigenvalue weighted by molar-refractivity contribution is 7.14. The maximum Gasteiger partial charge on any atom is 0.163 e. The second-order valence-corrected chi connectivity index (χ2v) is 3.60. The summed E-state index contributed by atoms with van der Waals surface area (Å²) in [7, 11) is 0. The Morgan fingerprint density at radius 3 is 3.50 bits per heavy atom. The van der Waals surface area contributed by atoms with Crippen LogP contribution < -0.4 is 5.32 Å². The second kappa shape index (κ2) is 2.10. The minimum Gasteiger partial charge on any atom is -0.369 e. The molecule has 3 rings (SSSR count). The van der Waals surface area contributed by atoms with E-state index in [1.807, 2.05) is 0 Å². The van der Waals surface area contributed by atoms with Gasteiger partial charge in [0.25, 0.3) is 0 Å². The summed E-state index contributed by atoms with van der Waals surface area (Å²) in [5.41, 5.74) is 2.34. The van der Waals surface area contributed by atoms with Crippen LogP contribution in [0, 0.1) is 0 Å². The largest absolute Gasteiger partial charge is 0.369 e. The summed E-state index contributed by atoms with van der Waals surface area (Å²) in [6.07, 6.45) is 1.78. The Bertz CT molecular complexity index is 378. The van der Waals surface area contributed by atoms with Gasteiger partial charge in [-0.2, -0.15) is 0 Å². The first-order valence-corrected chi connectivity index (χ1v) is 4.58. The van der Waals surface area contributed by atoms with Gasteiger partial charge in [0.1, 0.15) is 0 Å². The van der Waals surface area contributed by atoms with Crippen molar-refractivity contribution in [1.29, 1.82) is 0 Å². The Kier molecular flexibility index (Phi) is 1.10. The van der Waals surface area contributed by atoms with Crippen LogP contribution in [0.25, 0.3) is 11.1 Å². The predicted molar refractivity (Wildman–Crippen MR) is 47.1 cm³/mol. The highest BCUT2D eigenvalue weighted by Gasteiger charge is 2.19. The van der Waals surface area contributed by atoms with Crippen molar-refractivity contribution >= 4 is 16.3 Å². The monoisotopic (exact) mass is 178 g/mol. The minimum atomic E-state index is 0.753. The van der Waals surface area contributed by atoms with Crippen molar-refractivity contribution in [3.05, 3.63) is 23.4 Å². The van der Waals surface area contributed by atoms with Crippen LogP contribution in [0.1, 0.15) is 5.76 Å². The lowest BCUT2D eigenvalue weighted by Crippen LogP contribution is -2.03. The quantitative estimate of drug-likeness (QED) is 0.672. The van der Waals surface area contributed by atoms with Gasteiger partial charge in [-0.15, -0.1) is 11.3 Å². The maximum atomic E-state index is 5.07. The summed E-state index contributed by atoms with van der Waals surface area (Å²) >= 11 is 1.71. The predicted octanol–water partition coefficient (Wildman–Crippen LogP) is 2.33. The van der Waals surface area contributed by atoms with Crippen molar-refractivity contribution in [2.75, 3.05) is 5.32 Å². The van der Waals surface area contributed by atoms with E-state index in [0.29, 0.717) is 0 Å². The van der Waals surface area contributed by atoms with E-state index in [0.717, 1.165) is 17.9 Å². The van der Waals surface area contributed by atoms with E-state index in [4.69, 9.17) is 4.52 Å². The molecule has 4 heteroatoms. The molecule has 0 aromatic carbocycles. The third kappa shape index (κ3) is 0.674. The molecule has 3 nitrogen and oxygen atoms in total. The van der Waals surface area contributed by atoms with Crippen LogP contribution in [0.2, 0.25) is 0 Å². The number of nitrogens with one attached hydrogen (secondary N) is 1. The molecule has 0 radical (unpaired) electrons. The van der Waals surface area contributed by atoms with E-state index < -0.39 is 0 Å². The van der Waals surface area contributed by atoms with E-state index in [-0.39, 0.29) is 0 Å². The molecule has 12 heavy (non-hydrogen) atoms. The van der Waals surface area contributed by atoms with Crippen LogP contribution in [0.15, 0.2) is 22.2 Å². The van der Waals surface area contributed by atoms with Crippen LogP contribution in [-0.2, 0) is 6.54 Å². The van der Waals surface area contributed by atoms with Gasteiger partial charge in [0, 0.05) is 11.1 Å². The van der Waals surface area contributed by atoms with Crippen LogP contribution in [0.4, 0.5) is 5.00 Å². The standard InChI is InChI=1S/C8H6N2OS/c1-2-12-8-5(1)6-3-10-11-7(6)4-9-8/h1-3,9H,4H2. The highest BCUT2D eigenvalue weighted by Crippen LogP contribution is 2.38. The molecule has 0 atom stereocenters.